The van der Waals surface area contributed by atoms with Crippen molar-refractivity contribution < 1.29 is 0 Å². The predicted octanol–water partition coefficient (Wildman–Crippen LogP) is 2.98. The lowest BCUT2D eigenvalue weighted by atomic mass is 10.2. The Morgan fingerprint density at radius 1 is 1.17 bits per heavy atom. The number of nitriles is 1. The fourth-order valence-electron chi connectivity index (χ4n) is 1.83. The van der Waals surface area contributed by atoms with Gasteiger partial charge < -0.3 is 4.90 Å². The van der Waals surface area contributed by atoms with Crippen LogP contribution in [0.4, 0.5) is 5.69 Å². The largest absolute Gasteiger partial charge is 0.366 e. The summed E-state index contributed by atoms with van der Waals surface area (Å²) >= 11 is 0. The monoisotopic (exact) mass is 237 g/mol. The minimum Gasteiger partial charge on any atom is -0.366 e. The zero-order valence-electron chi connectivity index (χ0n) is 10.4. The van der Waals surface area contributed by atoms with E-state index in [-0.39, 0.29) is 0 Å². The van der Waals surface area contributed by atoms with Crippen LogP contribution >= 0.6 is 0 Å². The quantitative estimate of drug-likeness (QED) is 0.820. The van der Waals surface area contributed by atoms with Crippen molar-refractivity contribution in [3.63, 3.8) is 0 Å². The molecule has 0 radical (unpaired) electrons. The van der Waals surface area contributed by atoms with E-state index in [1.54, 1.807) is 12.3 Å². The number of pyridine rings is 1. The predicted molar refractivity (Wildman–Crippen MR) is 72.1 cm³/mol. The zero-order chi connectivity index (χ0) is 12.8. The molecular weight excluding hydrogens is 222 g/mol. The molecule has 1 heterocycles. The van der Waals surface area contributed by atoms with Crippen molar-refractivity contribution in [2.45, 2.75) is 13.5 Å². The lowest BCUT2D eigenvalue weighted by Gasteiger charge is -2.22. The van der Waals surface area contributed by atoms with Crippen molar-refractivity contribution in [3.8, 4) is 6.07 Å². The number of aromatic nitrogens is 1. The first-order chi connectivity index (χ1) is 8.83. The van der Waals surface area contributed by atoms with Gasteiger partial charge in [0.2, 0.25) is 0 Å². The lowest BCUT2D eigenvalue weighted by molar-refractivity contribution is 0.828. The van der Waals surface area contributed by atoms with Gasteiger partial charge >= 0.3 is 0 Å². The van der Waals surface area contributed by atoms with E-state index in [1.807, 2.05) is 30.3 Å². The molecule has 1 aromatic heterocycles. The smallest absolute Gasteiger partial charge is 0.140 e. The van der Waals surface area contributed by atoms with Gasteiger partial charge in [-0.05, 0) is 24.6 Å². The molecule has 0 amide bonds. The summed E-state index contributed by atoms with van der Waals surface area (Å²) in [5.74, 6) is 0. The number of hydrogen-bond acceptors (Lipinski definition) is 3. The van der Waals surface area contributed by atoms with Crippen LogP contribution < -0.4 is 4.90 Å². The van der Waals surface area contributed by atoms with Crippen molar-refractivity contribution in [3.05, 3.63) is 59.9 Å². The third-order valence-electron chi connectivity index (χ3n) is 2.83. The average molecular weight is 237 g/mol. The van der Waals surface area contributed by atoms with E-state index in [1.165, 1.54) is 5.56 Å². The van der Waals surface area contributed by atoms with Crippen LogP contribution in [0.5, 0.6) is 0 Å². The van der Waals surface area contributed by atoms with Crippen molar-refractivity contribution in [1.82, 2.24) is 4.98 Å². The second-order valence-corrected chi connectivity index (χ2v) is 4.01. The summed E-state index contributed by atoms with van der Waals surface area (Å²) in [5, 5.41) is 8.73. The summed E-state index contributed by atoms with van der Waals surface area (Å²) in [4.78, 5) is 6.33. The Hall–Kier alpha value is -2.34. The van der Waals surface area contributed by atoms with Gasteiger partial charge in [-0.3, -0.25) is 0 Å². The van der Waals surface area contributed by atoms with Gasteiger partial charge in [-0.15, -0.1) is 0 Å². The molecule has 90 valence electrons. The van der Waals surface area contributed by atoms with E-state index in [0.717, 1.165) is 18.8 Å². The Balaban J connectivity index is 2.15. The van der Waals surface area contributed by atoms with Crippen LogP contribution in [0.2, 0.25) is 0 Å². The van der Waals surface area contributed by atoms with E-state index in [4.69, 9.17) is 5.26 Å². The normalized spacial score (nSPS) is 9.78. The molecule has 0 saturated carbocycles. The van der Waals surface area contributed by atoms with Gasteiger partial charge in [-0.1, -0.05) is 30.3 Å². The molecule has 0 aliphatic heterocycles. The minimum atomic E-state index is 0.453. The molecule has 0 unspecified atom stereocenters. The molecule has 0 bridgehead atoms. The van der Waals surface area contributed by atoms with Crippen molar-refractivity contribution in [2.24, 2.45) is 0 Å². The van der Waals surface area contributed by atoms with Gasteiger partial charge in [0.1, 0.15) is 11.8 Å². The minimum absolute atomic E-state index is 0.453. The molecule has 18 heavy (non-hydrogen) atoms. The van der Waals surface area contributed by atoms with Crippen LogP contribution in [-0.2, 0) is 6.54 Å². The summed E-state index contributed by atoms with van der Waals surface area (Å²) in [6, 6.07) is 16.0. The van der Waals surface area contributed by atoms with Gasteiger partial charge in [0.25, 0.3) is 0 Å². The molecule has 0 N–H and O–H groups in total. The van der Waals surface area contributed by atoms with Crippen LogP contribution in [0.3, 0.4) is 0 Å². The number of anilines is 1. The van der Waals surface area contributed by atoms with Gasteiger partial charge in [0.05, 0.1) is 11.9 Å². The van der Waals surface area contributed by atoms with Crippen LogP contribution in [0.25, 0.3) is 0 Å². The molecule has 0 aliphatic rings. The molecule has 3 heteroatoms. The molecule has 0 atom stereocenters. The fourth-order valence-corrected chi connectivity index (χ4v) is 1.83. The van der Waals surface area contributed by atoms with E-state index in [9.17, 15) is 0 Å². The summed E-state index contributed by atoms with van der Waals surface area (Å²) in [7, 11) is 0. The zero-order valence-corrected chi connectivity index (χ0v) is 10.4. The maximum Gasteiger partial charge on any atom is 0.140 e. The first-order valence-corrected chi connectivity index (χ1v) is 5.98. The SMILES string of the molecule is CCN(Cc1ccccc1)c1ccc(C#N)nc1. The van der Waals surface area contributed by atoms with E-state index >= 15 is 0 Å². The second kappa shape index (κ2) is 5.83. The van der Waals surface area contributed by atoms with Gasteiger partial charge in [0, 0.05) is 13.1 Å². The van der Waals surface area contributed by atoms with E-state index < -0.39 is 0 Å². The van der Waals surface area contributed by atoms with Crippen LogP contribution in [-0.4, -0.2) is 11.5 Å². The van der Waals surface area contributed by atoms with E-state index in [0.29, 0.717) is 5.69 Å². The van der Waals surface area contributed by atoms with Crippen LogP contribution in [0.15, 0.2) is 48.7 Å². The average Bonchev–Trinajstić information content (AvgIpc) is 2.46. The maximum atomic E-state index is 8.73. The van der Waals surface area contributed by atoms with Gasteiger partial charge in [-0.2, -0.15) is 5.26 Å². The summed E-state index contributed by atoms with van der Waals surface area (Å²) in [6.07, 6.45) is 1.75. The molecule has 0 aliphatic carbocycles. The van der Waals surface area contributed by atoms with Crippen molar-refractivity contribution in [2.75, 3.05) is 11.4 Å². The van der Waals surface area contributed by atoms with E-state index in [2.05, 4.69) is 28.9 Å². The van der Waals surface area contributed by atoms with Gasteiger partial charge in [-0.25, -0.2) is 4.98 Å². The summed E-state index contributed by atoms with van der Waals surface area (Å²) in [5.41, 5.74) is 2.76. The number of nitrogens with zero attached hydrogens (tertiary/aromatic N) is 3. The highest BCUT2D eigenvalue weighted by Crippen LogP contribution is 2.16. The Bertz CT molecular complexity index is 526. The lowest BCUT2D eigenvalue weighted by Crippen LogP contribution is -2.22. The Kier molecular flexibility index (Phi) is 3.93. The summed E-state index contributed by atoms with van der Waals surface area (Å²) < 4.78 is 0. The fraction of sp³-hybridized carbons (Fsp3) is 0.200. The number of benzene rings is 1. The molecule has 1 aromatic carbocycles. The first kappa shape index (κ1) is 12.1. The topological polar surface area (TPSA) is 39.9 Å². The maximum absolute atomic E-state index is 8.73. The van der Waals surface area contributed by atoms with Crippen molar-refractivity contribution in [1.29, 1.82) is 5.26 Å². The third-order valence-corrected chi connectivity index (χ3v) is 2.83. The van der Waals surface area contributed by atoms with Gasteiger partial charge in [0.15, 0.2) is 0 Å². The number of rotatable bonds is 4. The third kappa shape index (κ3) is 2.86. The standard InChI is InChI=1S/C15H15N3/c1-2-18(12-13-6-4-3-5-7-13)15-9-8-14(10-16)17-11-15/h3-9,11H,2,12H2,1H3. The molecule has 2 aromatic rings. The summed E-state index contributed by atoms with van der Waals surface area (Å²) in [6.45, 7) is 3.87. The second-order valence-electron chi connectivity index (χ2n) is 4.01. The van der Waals surface area contributed by atoms with Crippen LogP contribution in [0.1, 0.15) is 18.2 Å². The van der Waals surface area contributed by atoms with Crippen molar-refractivity contribution >= 4 is 5.69 Å². The molecule has 3 nitrogen and oxygen atoms in total. The highest BCUT2D eigenvalue weighted by molar-refractivity contribution is 5.46. The first-order valence-electron chi connectivity index (χ1n) is 5.98. The molecular formula is C15H15N3. The molecule has 0 spiro atoms. The Labute approximate surface area is 107 Å². The van der Waals surface area contributed by atoms with Crippen LogP contribution in [0, 0.1) is 11.3 Å². The highest BCUT2D eigenvalue weighted by atomic mass is 15.1. The Morgan fingerprint density at radius 2 is 1.94 bits per heavy atom. The number of hydrogen-bond donors (Lipinski definition) is 0. The molecule has 0 saturated heterocycles. The molecule has 2 rings (SSSR count). The highest BCUT2D eigenvalue weighted by Gasteiger charge is 2.05. The molecule has 0 fully saturated rings. The Morgan fingerprint density at radius 3 is 2.50 bits per heavy atom.